The normalized spacial score (nSPS) is 31.0. The molecule has 2 heterocycles. The van der Waals surface area contributed by atoms with Gasteiger partial charge in [0.05, 0.1) is 15.5 Å². The summed E-state index contributed by atoms with van der Waals surface area (Å²) in [4.78, 5) is 37.3. The average molecular weight is 365 g/mol. The van der Waals surface area contributed by atoms with Gasteiger partial charge in [0.2, 0.25) is 11.8 Å². The number of carbonyl (C=O) groups is 3. The zero-order valence-electron chi connectivity index (χ0n) is 13.7. The van der Waals surface area contributed by atoms with Crippen LogP contribution in [0.1, 0.15) is 25.5 Å². The van der Waals surface area contributed by atoms with Crippen LogP contribution in [0.4, 0.5) is 0 Å². The molecule has 0 spiro atoms. The van der Waals surface area contributed by atoms with E-state index >= 15 is 0 Å². The maximum absolute atomic E-state index is 12.7. The lowest BCUT2D eigenvalue weighted by molar-refractivity contribution is -0.161. The summed E-state index contributed by atoms with van der Waals surface area (Å²) in [6, 6.07) is 5.48. The topological polar surface area (TPSA) is 130 Å². The molecule has 4 N–H and O–H groups in total. The Morgan fingerprint density at radius 3 is 2.48 bits per heavy atom. The lowest BCUT2D eigenvalue weighted by atomic mass is 9.95. The second-order valence-electron chi connectivity index (χ2n) is 6.65. The number of fused-ring (bicyclic) bond motifs is 1. The van der Waals surface area contributed by atoms with E-state index in [1.54, 1.807) is 44.2 Å². The van der Waals surface area contributed by atoms with E-state index < -0.39 is 56.8 Å². The van der Waals surface area contributed by atoms with Crippen molar-refractivity contribution in [2.45, 2.75) is 42.1 Å². The molecule has 2 aliphatic rings. The molecule has 1 aromatic carbocycles. The molecule has 0 radical (unpaired) electrons. The fourth-order valence-electron chi connectivity index (χ4n) is 3.35. The summed E-state index contributed by atoms with van der Waals surface area (Å²) in [7, 11) is -1.63. The van der Waals surface area contributed by atoms with Gasteiger partial charge in [-0.15, -0.1) is 0 Å². The molecule has 0 aromatic heterocycles. The van der Waals surface area contributed by atoms with E-state index in [9.17, 15) is 23.7 Å². The number of hydrogen-bond donors (Lipinski definition) is 3. The lowest BCUT2D eigenvalue weighted by Gasteiger charge is -2.43. The predicted molar refractivity (Wildman–Crippen MR) is 89.6 cm³/mol. The van der Waals surface area contributed by atoms with Crippen LogP contribution in [0.15, 0.2) is 30.3 Å². The first kappa shape index (κ1) is 17.6. The number of nitrogens with two attached hydrogens (primary N) is 1. The van der Waals surface area contributed by atoms with Crippen LogP contribution in [0.5, 0.6) is 0 Å². The second-order valence-corrected chi connectivity index (χ2v) is 8.78. The van der Waals surface area contributed by atoms with Crippen LogP contribution in [0, 0.1) is 0 Å². The SMILES string of the molecule is CC1(C)[C@H](C(=O)O)N2C(=O)[C@@H](NC(=O)[C@H](N)c3ccccc3)[C@H]2[S@@]1=O. The average Bonchev–Trinajstić information content (AvgIpc) is 2.77. The van der Waals surface area contributed by atoms with Crippen molar-refractivity contribution in [3.05, 3.63) is 35.9 Å². The molecule has 2 saturated heterocycles. The molecule has 0 aliphatic carbocycles. The maximum Gasteiger partial charge on any atom is 0.328 e. The molecule has 0 unspecified atom stereocenters. The van der Waals surface area contributed by atoms with Crippen LogP contribution >= 0.6 is 0 Å². The highest BCUT2D eigenvalue weighted by molar-refractivity contribution is 7.87. The van der Waals surface area contributed by atoms with Gasteiger partial charge in [-0.25, -0.2) is 4.79 Å². The molecule has 3 rings (SSSR count). The third-order valence-electron chi connectivity index (χ3n) is 4.73. The smallest absolute Gasteiger partial charge is 0.328 e. The van der Waals surface area contributed by atoms with Crippen LogP contribution in [-0.2, 0) is 25.2 Å². The van der Waals surface area contributed by atoms with Crippen molar-refractivity contribution < 1.29 is 23.7 Å². The number of nitrogens with one attached hydrogen (secondary N) is 1. The first-order chi connectivity index (χ1) is 11.7. The van der Waals surface area contributed by atoms with E-state index in [0.717, 1.165) is 4.90 Å². The van der Waals surface area contributed by atoms with Gasteiger partial charge in [-0.2, -0.15) is 0 Å². The first-order valence-corrected chi connectivity index (χ1v) is 8.95. The minimum absolute atomic E-state index is 0.551. The third kappa shape index (κ3) is 2.54. The summed E-state index contributed by atoms with van der Waals surface area (Å²) in [6.07, 6.45) is 0. The quantitative estimate of drug-likeness (QED) is 0.607. The molecule has 1 aromatic rings. The number of benzene rings is 1. The number of amides is 2. The van der Waals surface area contributed by atoms with Crippen LogP contribution in [0.3, 0.4) is 0 Å². The second kappa shape index (κ2) is 5.92. The summed E-state index contributed by atoms with van der Waals surface area (Å²) >= 11 is 0. The van der Waals surface area contributed by atoms with Crippen LogP contribution in [0.2, 0.25) is 0 Å². The fourth-order valence-corrected chi connectivity index (χ4v) is 5.27. The molecule has 0 saturated carbocycles. The first-order valence-electron chi connectivity index (χ1n) is 7.74. The monoisotopic (exact) mass is 365 g/mol. The number of carbonyl (C=O) groups excluding carboxylic acids is 2. The zero-order valence-corrected chi connectivity index (χ0v) is 14.5. The number of β-lactam (4-membered cyclic amide) rings is 1. The molecule has 8 nitrogen and oxygen atoms in total. The number of hydrogen-bond acceptors (Lipinski definition) is 5. The van der Waals surface area contributed by atoms with Crippen molar-refractivity contribution in [2.75, 3.05) is 0 Å². The Kier molecular flexibility index (Phi) is 4.16. The standard InChI is InChI=1S/C16H19N3O5S/c1-16(2)11(15(22)23)19-13(21)10(14(19)25(16)24)18-12(20)9(17)8-6-4-3-5-7-8/h3-7,9-11,14H,17H2,1-2H3,(H,18,20)(H,22,23)/t9-,10-,11+,14-,25+/m1/s1. The number of nitrogens with zero attached hydrogens (tertiary/aromatic N) is 1. The van der Waals surface area contributed by atoms with Gasteiger partial charge in [-0.1, -0.05) is 30.3 Å². The van der Waals surface area contributed by atoms with Gasteiger partial charge in [0.1, 0.15) is 23.5 Å². The molecule has 9 heteroatoms. The highest BCUT2D eigenvalue weighted by Crippen LogP contribution is 2.43. The minimum Gasteiger partial charge on any atom is -0.480 e. The van der Waals surface area contributed by atoms with Crippen molar-refractivity contribution in [3.8, 4) is 0 Å². The Labute approximate surface area is 146 Å². The van der Waals surface area contributed by atoms with E-state index in [2.05, 4.69) is 5.32 Å². The van der Waals surface area contributed by atoms with Gasteiger partial charge < -0.3 is 21.1 Å². The number of carboxylic acids is 1. The van der Waals surface area contributed by atoms with E-state index in [-0.39, 0.29) is 0 Å². The largest absolute Gasteiger partial charge is 0.480 e. The Morgan fingerprint density at radius 2 is 1.92 bits per heavy atom. The molecule has 0 bridgehead atoms. The van der Waals surface area contributed by atoms with Crippen molar-refractivity contribution in [3.63, 3.8) is 0 Å². The Bertz CT molecular complexity index is 766. The molecular weight excluding hydrogens is 346 g/mol. The summed E-state index contributed by atoms with van der Waals surface area (Å²) in [5, 5.41) is 11.0. The zero-order chi connectivity index (χ0) is 18.5. The maximum atomic E-state index is 12.7. The minimum atomic E-state index is -1.63. The van der Waals surface area contributed by atoms with E-state index in [0.29, 0.717) is 5.56 Å². The summed E-state index contributed by atoms with van der Waals surface area (Å²) < 4.78 is 11.5. The van der Waals surface area contributed by atoms with Crippen molar-refractivity contribution in [1.29, 1.82) is 0 Å². The fraction of sp³-hybridized carbons (Fsp3) is 0.438. The highest BCUT2D eigenvalue weighted by atomic mass is 32.2. The number of carboxylic acid groups (broad SMARTS) is 1. The Morgan fingerprint density at radius 1 is 1.32 bits per heavy atom. The molecule has 2 fully saturated rings. The predicted octanol–water partition coefficient (Wildman–Crippen LogP) is -0.666. The van der Waals surface area contributed by atoms with E-state index in [1.807, 2.05) is 0 Å². The molecule has 2 aliphatic heterocycles. The number of aliphatic carboxylic acids is 1. The Hall–Kier alpha value is -2.26. The van der Waals surface area contributed by atoms with Gasteiger partial charge in [0, 0.05) is 0 Å². The summed E-state index contributed by atoms with van der Waals surface area (Å²) in [5.41, 5.74) is 6.49. The molecule has 25 heavy (non-hydrogen) atoms. The van der Waals surface area contributed by atoms with Gasteiger partial charge in [0.25, 0.3) is 0 Å². The van der Waals surface area contributed by atoms with Crippen molar-refractivity contribution >= 4 is 28.6 Å². The molecule has 2 amide bonds. The van der Waals surface area contributed by atoms with Crippen molar-refractivity contribution in [2.24, 2.45) is 5.73 Å². The van der Waals surface area contributed by atoms with Crippen LogP contribution in [-0.4, -0.2) is 54.2 Å². The number of rotatable bonds is 4. The lowest BCUT2D eigenvalue weighted by Crippen LogP contribution is -2.72. The van der Waals surface area contributed by atoms with E-state index in [1.165, 1.54) is 0 Å². The van der Waals surface area contributed by atoms with Crippen LogP contribution in [0.25, 0.3) is 0 Å². The van der Waals surface area contributed by atoms with E-state index in [4.69, 9.17) is 5.73 Å². The van der Waals surface area contributed by atoms with Crippen LogP contribution < -0.4 is 11.1 Å². The van der Waals surface area contributed by atoms with Crippen molar-refractivity contribution in [1.82, 2.24) is 10.2 Å². The summed E-state index contributed by atoms with van der Waals surface area (Å²) in [6.45, 7) is 3.09. The third-order valence-corrected chi connectivity index (χ3v) is 6.93. The van der Waals surface area contributed by atoms with Gasteiger partial charge in [0.15, 0.2) is 0 Å². The molecular formula is C16H19N3O5S. The highest BCUT2D eigenvalue weighted by Gasteiger charge is 2.68. The molecule has 134 valence electrons. The molecule has 5 atom stereocenters. The van der Waals surface area contributed by atoms with Gasteiger partial charge in [-0.3, -0.25) is 13.8 Å². The van der Waals surface area contributed by atoms with Gasteiger partial charge in [-0.05, 0) is 19.4 Å². The Balaban J connectivity index is 1.78. The van der Waals surface area contributed by atoms with Gasteiger partial charge >= 0.3 is 5.97 Å². The summed E-state index contributed by atoms with van der Waals surface area (Å²) in [5.74, 6) is -2.33.